The third-order valence-electron chi connectivity index (χ3n) is 7.08. The van der Waals surface area contributed by atoms with Crippen molar-refractivity contribution in [3.05, 3.63) is 107 Å². The molecule has 5 heteroatoms. The molecule has 0 radical (unpaired) electrons. The second-order valence-electron chi connectivity index (χ2n) is 9.68. The van der Waals surface area contributed by atoms with E-state index in [4.69, 9.17) is 0 Å². The van der Waals surface area contributed by atoms with Crippen LogP contribution in [-0.4, -0.2) is 41.2 Å². The molecule has 0 bridgehead atoms. The van der Waals surface area contributed by atoms with E-state index in [0.29, 0.717) is 16.7 Å². The number of benzene rings is 3. The van der Waals surface area contributed by atoms with E-state index in [1.54, 1.807) is 36.4 Å². The zero-order valence-electron chi connectivity index (χ0n) is 21.3. The van der Waals surface area contributed by atoms with Crippen LogP contribution in [0.4, 0.5) is 5.69 Å². The molecule has 0 atom stereocenters. The van der Waals surface area contributed by atoms with Crippen LogP contribution in [0.2, 0.25) is 0 Å². The van der Waals surface area contributed by atoms with Crippen molar-refractivity contribution >= 4 is 33.9 Å². The number of aromatic nitrogens is 1. The number of hydrogen-bond donors (Lipinski definition) is 2. The number of hydrogen-bond acceptors (Lipinski definition) is 3. The molecule has 4 aromatic rings. The quantitative estimate of drug-likeness (QED) is 0.197. The van der Waals surface area contributed by atoms with Crippen LogP contribution >= 0.6 is 0 Å². The minimum Gasteiger partial charge on any atom is -0.361 e. The smallest absolute Gasteiger partial charge is 0.255 e. The third kappa shape index (κ3) is 5.73. The standard InChI is InChI=1S/C32H33N3O2/c1-2-3-7-17-35-18-15-23(16-19-35)29-22-33-30-14-13-27(21-28(29)30)34-32(37)26-12-8-11-25(20-26)31(36)24-9-5-4-6-10-24/h4-6,8-15,20-22,33H,2-3,7,16-19H2,1H3,(H,34,37). The maximum atomic E-state index is 13.1. The minimum absolute atomic E-state index is 0.0988. The van der Waals surface area contributed by atoms with Gasteiger partial charge >= 0.3 is 0 Å². The molecule has 2 N–H and O–H groups in total. The number of fused-ring (bicyclic) bond motifs is 1. The van der Waals surface area contributed by atoms with Gasteiger partial charge in [0.05, 0.1) is 0 Å². The summed E-state index contributed by atoms with van der Waals surface area (Å²) in [5.41, 5.74) is 5.89. The van der Waals surface area contributed by atoms with E-state index in [0.717, 1.165) is 36.1 Å². The first-order chi connectivity index (χ1) is 18.1. The van der Waals surface area contributed by atoms with Crippen LogP contribution in [0.3, 0.4) is 0 Å². The Kier molecular flexibility index (Phi) is 7.62. The lowest BCUT2D eigenvalue weighted by molar-refractivity contribution is 0.102. The van der Waals surface area contributed by atoms with E-state index in [1.165, 1.54) is 36.9 Å². The number of anilines is 1. The van der Waals surface area contributed by atoms with Gasteiger partial charge in [0.2, 0.25) is 0 Å². The molecule has 1 aliphatic rings. The summed E-state index contributed by atoms with van der Waals surface area (Å²) in [7, 11) is 0. The van der Waals surface area contributed by atoms with Crippen molar-refractivity contribution in [1.82, 2.24) is 9.88 Å². The van der Waals surface area contributed by atoms with E-state index in [9.17, 15) is 9.59 Å². The Labute approximate surface area is 218 Å². The lowest BCUT2D eigenvalue weighted by atomic mass is 9.98. The number of aromatic amines is 1. The molecule has 0 fully saturated rings. The number of nitrogens with one attached hydrogen (secondary N) is 2. The van der Waals surface area contributed by atoms with Crippen molar-refractivity contribution < 1.29 is 9.59 Å². The summed E-state index contributed by atoms with van der Waals surface area (Å²) >= 11 is 0. The summed E-state index contributed by atoms with van der Waals surface area (Å²) in [5.74, 6) is -0.336. The zero-order chi connectivity index (χ0) is 25.6. The molecule has 0 aliphatic carbocycles. The van der Waals surface area contributed by atoms with Crippen LogP contribution in [0.5, 0.6) is 0 Å². The summed E-state index contributed by atoms with van der Waals surface area (Å²) in [4.78, 5) is 31.8. The van der Waals surface area contributed by atoms with Gasteiger partial charge in [0, 0.05) is 58.1 Å². The molecule has 5 nitrogen and oxygen atoms in total. The van der Waals surface area contributed by atoms with Crippen LogP contribution < -0.4 is 5.32 Å². The Hall–Kier alpha value is -3.96. The first-order valence-electron chi connectivity index (χ1n) is 13.2. The van der Waals surface area contributed by atoms with Crippen molar-refractivity contribution in [3.8, 4) is 0 Å². The van der Waals surface area contributed by atoms with Crippen molar-refractivity contribution in [2.75, 3.05) is 25.0 Å². The average Bonchev–Trinajstić information content (AvgIpc) is 3.37. The first-order valence-corrected chi connectivity index (χ1v) is 13.2. The van der Waals surface area contributed by atoms with Crippen molar-refractivity contribution in [2.24, 2.45) is 0 Å². The fourth-order valence-corrected chi connectivity index (χ4v) is 4.97. The van der Waals surface area contributed by atoms with Crippen molar-refractivity contribution in [3.63, 3.8) is 0 Å². The molecule has 1 aromatic heterocycles. The fourth-order valence-electron chi connectivity index (χ4n) is 4.97. The van der Waals surface area contributed by atoms with E-state index in [1.807, 2.05) is 36.4 Å². The summed E-state index contributed by atoms with van der Waals surface area (Å²) in [6.07, 6.45) is 9.25. The lowest BCUT2D eigenvalue weighted by Crippen LogP contribution is -2.29. The third-order valence-corrected chi connectivity index (χ3v) is 7.08. The van der Waals surface area contributed by atoms with E-state index < -0.39 is 0 Å². The van der Waals surface area contributed by atoms with Crippen LogP contribution in [0.15, 0.2) is 85.1 Å². The molecule has 2 heterocycles. The topological polar surface area (TPSA) is 65.2 Å². The van der Waals surface area contributed by atoms with Gasteiger partial charge in [-0.05, 0) is 55.3 Å². The Bertz CT molecular complexity index is 1430. The minimum atomic E-state index is -0.237. The van der Waals surface area contributed by atoms with E-state index >= 15 is 0 Å². The maximum Gasteiger partial charge on any atom is 0.255 e. The molecule has 3 aromatic carbocycles. The van der Waals surface area contributed by atoms with Gasteiger partial charge < -0.3 is 10.3 Å². The highest BCUT2D eigenvalue weighted by atomic mass is 16.1. The summed E-state index contributed by atoms with van der Waals surface area (Å²) in [5, 5.41) is 4.13. The molecule has 0 saturated heterocycles. The number of rotatable bonds is 9. The van der Waals surface area contributed by atoms with E-state index in [2.05, 4.69) is 34.4 Å². The van der Waals surface area contributed by atoms with Gasteiger partial charge in [0.15, 0.2) is 5.78 Å². The molecule has 1 amide bonds. The van der Waals surface area contributed by atoms with Crippen molar-refractivity contribution in [1.29, 1.82) is 0 Å². The molecule has 0 unspecified atom stereocenters. The highest BCUT2D eigenvalue weighted by molar-refractivity contribution is 6.11. The molecule has 0 saturated carbocycles. The molecule has 5 rings (SSSR count). The normalized spacial score (nSPS) is 13.9. The molecule has 37 heavy (non-hydrogen) atoms. The lowest BCUT2D eigenvalue weighted by Gasteiger charge is -2.26. The van der Waals surface area contributed by atoms with Crippen LogP contribution in [0.25, 0.3) is 16.5 Å². The van der Waals surface area contributed by atoms with Gasteiger partial charge in [-0.3, -0.25) is 14.5 Å². The predicted octanol–water partition coefficient (Wildman–Crippen LogP) is 6.93. The number of carbonyl (C=O) groups excluding carboxylic acids is 2. The molecule has 0 spiro atoms. The molecule has 1 aliphatic heterocycles. The fraction of sp³-hybridized carbons (Fsp3) is 0.250. The van der Waals surface area contributed by atoms with Crippen molar-refractivity contribution in [2.45, 2.75) is 32.6 Å². The largest absolute Gasteiger partial charge is 0.361 e. The zero-order valence-corrected chi connectivity index (χ0v) is 21.3. The number of H-pyrrole nitrogens is 1. The van der Waals surface area contributed by atoms with E-state index in [-0.39, 0.29) is 11.7 Å². The van der Waals surface area contributed by atoms with Gasteiger partial charge in [0.1, 0.15) is 0 Å². The summed E-state index contributed by atoms with van der Waals surface area (Å²) in [6, 6.07) is 21.9. The van der Waals surface area contributed by atoms with Gasteiger partial charge in [-0.25, -0.2) is 0 Å². The average molecular weight is 492 g/mol. The Morgan fingerprint density at radius 2 is 1.73 bits per heavy atom. The Balaban J connectivity index is 1.31. The summed E-state index contributed by atoms with van der Waals surface area (Å²) < 4.78 is 0. The first kappa shape index (κ1) is 24.7. The maximum absolute atomic E-state index is 13.1. The van der Waals surface area contributed by atoms with Crippen LogP contribution in [-0.2, 0) is 0 Å². The van der Waals surface area contributed by atoms with Gasteiger partial charge in [-0.15, -0.1) is 0 Å². The highest BCUT2D eigenvalue weighted by Crippen LogP contribution is 2.31. The SMILES string of the molecule is CCCCCN1CC=C(c2c[nH]c3ccc(NC(=O)c4cccc(C(=O)c5ccccc5)c4)cc23)CC1. The number of carbonyl (C=O) groups is 2. The monoisotopic (exact) mass is 491 g/mol. The second-order valence-corrected chi connectivity index (χ2v) is 9.68. The van der Waals surface area contributed by atoms with Crippen LogP contribution in [0, 0.1) is 0 Å². The van der Waals surface area contributed by atoms with Gasteiger partial charge in [-0.2, -0.15) is 0 Å². The number of unbranched alkanes of at least 4 members (excludes halogenated alkanes) is 2. The molecule has 188 valence electrons. The summed E-state index contributed by atoms with van der Waals surface area (Å²) in [6.45, 7) is 5.47. The van der Waals surface area contributed by atoms with Gasteiger partial charge in [0.25, 0.3) is 5.91 Å². The Morgan fingerprint density at radius 1 is 0.919 bits per heavy atom. The molecular formula is C32H33N3O2. The van der Waals surface area contributed by atoms with Crippen LogP contribution in [0.1, 0.15) is 64.4 Å². The number of ketones is 1. The van der Waals surface area contributed by atoms with Gasteiger partial charge in [-0.1, -0.05) is 68.3 Å². The predicted molar refractivity (Wildman–Crippen MR) is 151 cm³/mol. The number of amides is 1. The Morgan fingerprint density at radius 3 is 2.51 bits per heavy atom. The molecular weight excluding hydrogens is 458 g/mol. The highest BCUT2D eigenvalue weighted by Gasteiger charge is 2.17. The second kappa shape index (κ2) is 11.4. The number of nitrogens with zero attached hydrogens (tertiary/aromatic N) is 1.